The Morgan fingerprint density at radius 2 is 2.12 bits per heavy atom. The third kappa shape index (κ3) is 3.80. The summed E-state index contributed by atoms with van der Waals surface area (Å²) in [6.07, 6.45) is 1.15. The van der Waals surface area contributed by atoms with Crippen LogP contribution in [0.2, 0.25) is 0 Å². The number of nitrogens with zero attached hydrogens (tertiary/aromatic N) is 1. The van der Waals surface area contributed by atoms with Gasteiger partial charge in [0.15, 0.2) is 0 Å². The minimum Gasteiger partial charge on any atom is -0.322 e. The van der Waals surface area contributed by atoms with Crippen molar-refractivity contribution in [2.45, 2.75) is 13.5 Å². The molecule has 0 aliphatic carbocycles. The molecule has 0 spiro atoms. The van der Waals surface area contributed by atoms with Crippen LogP contribution in [-0.2, 0) is 6.54 Å². The topological polar surface area (TPSA) is 84.0 Å². The summed E-state index contributed by atoms with van der Waals surface area (Å²) in [4.78, 5) is 40.3. The first-order valence-corrected chi connectivity index (χ1v) is 9.05. The maximum absolute atomic E-state index is 12.6. The lowest BCUT2D eigenvalue weighted by Gasteiger charge is -2.09. The van der Waals surface area contributed by atoms with Crippen LogP contribution in [-0.4, -0.2) is 15.5 Å². The van der Waals surface area contributed by atoms with Crippen molar-refractivity contribution in [1.29, 1.82) is 0 Å². The van der Waals surface area contributed by atoms with E-state index in [9.17, 15) is 14.4 Å². The molecule has 2 N–H and O–H groups in total. The summed E-state index contributed by atoms with van der Waals surface area (Å²) >= 11 is 4.80. The van der Waals surface area contributed by atoms with Crippen molar-refractivity contribution in [3.05, 3.63) is 83.2 Å². The Hall–Kier alpha value is -2.45. The van der Waals surface area contributed by atoms with Gasteiger partial charge in [0.2, 0.25) is 0 Å². The number of nitrogens with one attached hydrogen (secondary N) is 2. The predicted octanol–water partition coefficient (Wildman–Crippen LogP) is 2.97. The van der Waals surface area contributed by atoms with Crippen LogP contribution in [0.3, 0.4) is 0 Å². The smallest absolute Gasteiger partial charge is 0.322 e. The van der Waals surface area contributed by atoms with Crippen molar-refractivity contribution in [3.63, 3.8) is 0 Å². The second-order valence-electron chi connectivity index (χ2n) is 5.39. The summed E-state index contributed by atoms with van der Waals surface area (Å²) in [7, 11) is 0. The van der Waals surface area contributed by atoms with Gasteiger partial charge in [0.25, 0.3) is 11.5 Å². The second-order valence-corrected chi connectivity index (χ2v) is 7.34. The highest BCUT2D eigenvalue weighted by atomic mass is 79.9. The highest BCUT2D eigenvalue weighted by Gasteiger charge is 2.16. The van der Waals surface area contributed by atoms with Crippen LogP contribution in [0, 0.1) is 6.92 Å². The first kappa shape index (κ1) is 17.4. The number of amides is 1. The molecule has 128 valence electrons. The van der Waals surface area contributed by atoms with Crippen LogP contribution in [0.4, 0.5) is 5.69 Å². The number of anilines is 1. The molecule has 0 aliphatic heterocycles. The molecule has 25 heavy (non-hydrogen) atoms. The van der Waals surface area contributed by atoms with Gasteiger partial charge < -0.3 is 10.3 Å². The molecule has 0 saturated carbocycles. The monoisotopic (exact) mass is 419 g/mol. The number of hydrogen-bond acceptors (Lipinski definition) is 4. The Morgan fingerprint density at radius 3 is 2.80 bits per heavy atom. The van der Waals surface area contributed by atoms with E-state index in [1.165, 1.54) is 11.3 Å². The van der Waals surface area contributed by atoms with Gasteiger partial charge in [-0.05, 0) is 42.1 Å². The molecule has 2 aromatic heterocycles. The van der Waals surface area contributed by atoms with Crippen molar-refractivity contribution in [2.24, 2.45) is 0 Å². The number of carbonyl (C=O) groups is 1. The number of carbonyl (C=O) groups excluding carboxylic acids is 1. The van der Waals surface area contributed by atoms with E-state index in [0.717, 1.165) is 25.7 Å². The molecule has 6 nitrogen and oxygen atoms in total. The molecular formula is C17H14BrN3O3S. The van der Waals surface area contributed by atoms with E-state index in [2.05, 4.69) is 26.2 Å². The summed E-state index contributed by atoms with van der Waals surface area (Å²) in [5.74, 6) is -0.563. The van der Waals surface area contributed by atoms with Crippen molar-refractivity contribution >= 4 is 38.9 Å². The summed E-state index contributed by atoms with van der Waals surface area (Å²) < 4.78 is 1.92. The highest BCUT2D eigenvalue weighted by Crippen LogP contribution is 2.20. The number of aromatic amines is 1. The Kier molecular flexibility index (Phi) is 5.00. The molecule has 0 unspecified atom stereocenters. The van der Waals surface area contributed by atoms with Gasteiger partial charge >= 0.3 is 5.69 Å². The van der Waals surface area contributed by atoms with Crippen LogP contribution < -0.4 is 16.6 Å². The summed E-state index contributed by atoms with van der Waals surface area (Å²) in [5.41, 5.74) is 0.173. The SMILES string of the molecule is Cc1cc(Br)ccc1NC(=O)c1c[nH]c(=O)n(Cc2cccs2)c1=O. The van der Waals surface area contributed by atoms with Crippen molar-refractivity contribution in [3.8, 4) is 0 Å². The molecule has 0 bridgehead atoms. The summed E-state index contributed by atoms with van der Waals surface area (Å²) in [6, 6.07) is 9.07. The predicted molar refractivity (Wildman–Crippen MR) is 102 cm³/mol. The van der Waals surface area contributed by atoms with Gasteiger partial charge in [-0.3, -0.25) is 14.2 Å². The summed E-state index contributed by atoms with van der Waals surface area (Å²) in [5, 5.41) is 4.57. The standard InChI is InChI=1S/C17H14BrN3O3S/c1-10-7-11(18)4-5-14(10)20-15(22)13-8-19-17(24)21(16(13)23)9-12-3-2-6-25-12/h2-8H,9H2,1H3,(H,19,24)(H,20,22). The van der Waals surface area contributed by atoms with Crippen LogP contribution in [0.25, 0.3) is 0 Å². The number of benzene rings is 1. The highest BCUT2D eigenvalue weighted by molar-refractivity contribution is 9.10. The first-order valence-electron chi connectivity index (χ1n) is 7.38. The van der Waals surface area contributed by atoms with E-state index in [0.29, 0.717) is 5.69 Å². The molecule has 0 atom stereocenters. The van der Waals surface area contributed by atoms with Crippen LogP contribution in [0.15, 0.2) is 56.0 Å². The van der Waals surface area contributed by atoms with Gasteiger partial charge in [-0.25, -0.2) is 4.79 Å². The second kappa shape index (κ2) is 7.20. The maximum Gasteiger partial charge on any atom is 0.328 e. The maximum atomic E-state index is 12.6. The fourth-order valence-corrected chi connectivity index (χ4v) is 3.50. The van der Waals surface area contributed by atoms with Crippen molar-refractivity contribution in [1.82, 2.24) is 9.55 Å². The zero-order valence-corrected chi connectivity index (χ0v) is 15.6. The lowest BCUT2D eigenvalue weighted by Crippen LogP contribution is -2.39. The molecule has 1 aromatic carbocycles. The lowest BCUT2D eigenvalue weighted by molar-refractivity contribution is 0.102. The quantitative estimate of drug-likeness (QED) is 0.681. The van der Waals surface area contributed by atoms with E-state index in [1.54, 1.807) is 12.1 Å². The molecule has 8 heteroatoms. The number of aromatic nitrogens is 2. The molecule has 0 aliphatic rings. The number of halogens is 1. The van der Waals surface area contributed by atoms with Gasteiger partial charge in [0, 0.05) is 21.2 Å². The number of rotatable bonds is 4. The van der Waals surface area contributed by atoms with E-state index in [-0.39, 0.29) is 12.1 Å². The number of aryl methyl sites for hydroxylation is 1. The largest absolute Gasteiger partial charge is 0.328 e. The average molecular weight is 420 g/mol. The van der Waals surface area contributed by atoms with Gasteiger partial charge in [-0.15, -0.1) is 11.3 Å². The fourth-order valence-electron chi connectivity index (χ4n) is 2.33. The van der Waals surface area contributed by atoms with Crippen LogP contribution >= 0.6 is 27.3 Å². The van der Waals surface area contributed by atoms with E-state index < -0.39 is 17.2 Å². The van der Waals surface area contributed by atoms with Crippen molar-refractivity contribution in [2.75, 3.05) is 5.32 Å². The van der Waals surface area contributed by atoms with Crippen LogP contribution in [0.5, 0.6) is 0 Å². The van der Waals surface area contributed by atoms with Gasteiger partial charge in [-0.1, -0.05) is 22.0 Å². The average Bonchev–Trinajstić information content (AvgIpc) is 3.07. The van der Waals surface area contributed by atoms with E-state index >= 15 is 0 Å². The molecule has 1 amide bonds. The van der Waals surface area contributed by atoms with Gasteiger partial charge in [-0.2, -0.15) is 0 Å². The Balaban J connectivity index is 1.93. The molecular weight excluding hydrogens is 406 g/mol. The van der Waals surface area contributed by atoms with Crippen LogP contribution in [0.1, 0.15) is 20.8 Å². The Bertz CT molecular complexity index is 1040. The third-order valence-electron chi connectivity index (χ3n) is 3.64. The Morgan fingerprint density at radius 1 is 1.32 bits per heavy atom. The number of thiophene rings is 1. The van der Waals surface area contributed by atoms with E-state index in [1.807, 2.05) is 30.5 Å². The normalized spacial score (nSPS) is 10.6. The molecule has 3 rings (SSSR count). The van der Waals surface area contributed by atoms with E-state index in [4.69, 9.17) is 0 Å². The minimum atomic E-state index is -0.621. The zero-order chi connectivity index (χ0) is 18.0. The Labute approximate surface area is 155 Å². The van der Waals surface area contributed by atoms with Crippen molar-refractivity contribution < 1.29 is 4.79 Å². The molecule has 2 heterocycles. The zero-order valence-electron chi connectivity index (χ0n) is 13.2. The lowest BCUT2D eigenvalue weighted by atomic mass is 10.2. The number of hydrogen-bond donors (Lipinski definition) is 2. The molecule has 0 saturated heterocycles. The van der Waals surface area contributed by atoms with Gasteiger partial charge in [0.05, 0.1) is 6.54 Å². The van der Waals surface area contributed by atoms with Gasteiger partial charge in [0.1, 0.15) is 5.56 Å². The third-order valence-corrected chi connectivity index (χ3v) is 4.99. The molecule has 0 fully saturated rings. The number of H-pyrrole nitrogens is 1. The molecule has 0 radical (unpaired) electrons. The first-order chi connectivity index (χ1) is 12.0. The minimum absolute atomic E-state index is 0.113. The summed E-state index contributed by atoms with van der Waals surface area (Å²) in [6.45, 7) is 1.98. The molecule has 3 aromatic rings. The fraction of sp³-hybridized carbons (Fsp3) is 0.118.